The number of carbonyl (C=O) groups excluding carboxylic acids is 3. The van der Waals surface area contributed by atoms with Gasteiger partial charge < -0.3 is 5.32 Å². The van der Waals surface area contributed by atoms with E-state index in [9.17, 15) is 14.4 Å². The summed E-state index contributed by atoms with van der Waals surface area (Å²) in [5.74, 6) is -0.210. The van der Waals surface area contributed by atoms with Crippen LogP contribution in [0.15, 0.2) is 0 Å². The predicted octanol–water partition coefficient (Wildman–Crippen LogP) is 0.440. The number of amides is 3. The molecule has 5 nitrogen and oxygen atoms in total. The summed E-state index contributed by atoms with van der Waals surface area (Å²) in [6, 6.07) is -0.149. The highest BCUT2D eigenvalue weighted by molar-refractivity contribution is 5.99. The van der Waals surface area contributed by atoms with Gasteiger partial charge in [-0.05, 0) is 11.8 Å². The molecule has 5 heteroatoms. The number of nitrogens with zero attached hydrogens (tertiary/aromatic N) is 1. The molecule has 17 heavy (non-hydrogen) atoms. The van der Waals surface area contributed by atoms with Gasteiger partial charge in [0.2, 0.25) is 17.7 Å². The third-order valence-corrected chi connectivity index (χ3v) is 3.40. The summed E-state index contributed by atoms with van der Waals surface area (Å²) in [7, 11) is 0. The van der Waals surface area contributed by atoms with Gasteiger partial charge >= 0.3 is 0 Å². The van der Waals surface area contributed by atoms with E-state index in [0.717, 1.165) is 0 Å². The number of hydrogen-bond acceptors (Lipinski definition) is 3. The molecular formula is C12H18N2O3. The lowest BCUT2D eigenvalue weighted by atomic mass is 9.81. The average Bonchev–Trinajstić information content (AvgIpc) is 2.18. The summed E-state index contributed by atoms with van der Waals surface area (Å²) in [5, 5.41) is 2.71. The number of imide groups is 1. The van der Waals surface area contributed by atoms with Crippen LogP contribution in [0.5, 0.6) is 0 Å². The molecule has 0 bridgehead atoms. The molecule has 2 saturated heterocycles. The van der Waals surface area contributed by atoms with Crippen LogP contribution in [0, 0.1) is 5.41 Å². The van der Waals surface area contributed by atoms with E-state index in [1.165, 1.54) is 4.90 Å². The Labute approximate surface area is 101 Å². The van der Waals surface area contributed by atoms with Gasteiger partial charge in [0, 0.05) is 25.8 Å². The standard InChI is InChI=1S/C12H18N2O3/c1-12(2)5-10(16)14(11(17)6-12)8-3-4-9(15)13-7-8/h8H,3-7H2,1-2H3,(H,13,15). The Balaban J connectivity index is 2.08. The molecule has 0 aliphatic carbocycles. The molecule has 0 saturated carbocycles. The van der Waals surface area contributed by atoms with Crippen LogP contribution in [0.2, 0.25) is 0 Å². The summed E-state index contributed by atoms with van der Waals surface area (Å²) in [6.07, 6.45) is 1.79. The van der Waals surface area contributed by atoms with Gasteiger partial charge in [-0.2, -0.15) is 0 Å². The summed E-state index contributed by atoms with van der Waals surface area (Å²) < 4.78 is 0. The molecule has 0 aromatic rings. The van der Waals surface area contributed by atoms with Crippen molar-refractivity contribution >= 4 is 17.7 Å². The first-order valence-corrected chi connectivity index (χ1v) is 6.01. The van der Waals surface area contributed by atoms with Crippen LogP contribution in [-0.4, -0.2) is 35.2 Å². The van der Waals surface area contributed by atoms with Gasteiger partial charge in [0.25, 0.3) is 0 Å². The highest BCUT2D eigenvalue weighted by atomic mass is 16.2. The monoisotopic (exact) mass is 238 g/mol. The summed E-state index contributed by atoms with van der Waals surface area (Å²) in [6.45, 7) is 4.27. The number of piperidine rings is 2. The molecule has 2 heterocycles. The molecule has 1 N–H and O–H groups in total. The van der Waals surface area contributed by atoms with Gasteiger partial charge in [-0.15, -0.1) is 0 Å². The highest BCUT2D eigenvalue weighted by Gasteiger charge is 2.41. The van der Waals surface area contributed by atoms with Crippen LogP contribution in [0.4, 0.5) is 0 Å². The van der Waals surface area contributed by atoms with Gasteiger partial charge in [0.1, 0.15) is 0 Å². The van der Waals surface area contributed by atoms with Crippen molar-refractivity contribution in [3.05, 3.63) is 0 Å². The van der Waals surface area contributed by atoms with Crippen LogP contribution in [0.3, 0.4) is 0 Å². The minimum Gasteiger partial charge on any atom is -0.354 e. The highest BCUT2D eigenvalue weighted by Crippen LogP contribution is 2.33. The molecule has 2 aliphatic heterocycles. The Morgan fingerprint density at radius 3 is 2.24 bits per heavy atom. The minimum absolute atomic E-state index is 0.00140. The number of hydrogen-bond donors (Lipinski definition) is 1. The van der Waals surface area contributed by atoms with Crippen molar-refractivity contribution < 1.29 is 14.4 Å². The van der Waals surface area contributed by atoms with Crippen molar-refractivity contribution in [3.63, 3.8) is 0 Å². The van der Waals surface area contributed by atoms with E-state index in [-0.39, 0.29) is 29.2 Å². The van der Waals surface area contributed by atoms with E-state index in [1.807, 2.05) is 13.8 Å². The third kappa shape index (κ3) is 2.48. The third-order valence-electron chi connectivity index (χ3n) is 3.40. The average molecular weight is 238 g/mol. The summed E-state index contributed by atoms with van der Waals surface area (Å²) >= 11 is 0. The van der Waals surface area contributed by atoms with E-state index in [1.54, 1.807) is 0 Å². The molecule has 0 aromatic carbocycles. The largest absolute Gasteiger partial charge is 0.354 e. The number of nitrogens with one attached hydrogen (secondary N) is 1. The Hall–Kier alpha value is -1.39. The topological polar surface area (TPSA) is 66.5 Å². The summed E-state index contributed by atoms with van der Waals surface area (Å²) in [5.41, 5.74) is -0.234. The first-order chi connectivity index (χ1) is 7.89. The lowest BCUT2D eigenvalue weighted by molar-refractivity contribution is -0.156. The maximum absolute atomic E-state index is 12.0. The SMILES string of the molecule is CC1(C)CC(=O)N(C2CCC(=O)NC2)C(=O)C1. The first kappa shape index (κ1) is 12.1. The molecule has 1 unspecified atom stereocenters. The van der Waals surface area contributed by atoms with Crippen molar-refractivity contribution in [2.45, 2.75) is 45.6 Å². The smallest absolute Gasteiger partial charge is 0.230 e. The van der Waals surface area contributed by atoms with Crippen LogP contribution in [0.1, 0.15) is 39.5 Å². The fourth-order valence-electron chi connectivity index (χ4n) is 2.54. The second-order valence-corrected chi connectivity index (χ2v) is 5.67. The molecule has 2 rings (SSSR count). The number of likely N-dealkylation sites (tertiary alicyclic amines) is 1. The van der Waals surface area contributed by atoms with Crippen LogP contribution >= 0.6 is 0 Å². The van der Waals surface area contributed by atoms with Gasteiger partial charge in [-0.3, -0.25) is 19.3 Å². The van der Waals surface area contributed by atoms with Crippen molar-refractivity contribution in [1.82, 2.24) is 10.2 Å². The van der Waals surface area contributed by atoms with Gasteiger partial charge in [-0.1, -0.05) is 13.8 Å². The van der Waals surface area contributed by atoms with Gasteiger partial charge in [0.05, 0.1) is 6.04 Å². The minimum atomic E-state index is -0.234. The maximum Gasteiger partial charge on any atom is 0.230 e. The van der Waals surface area contributed by atoms with Crippen molar-refractivity contribution in [2.24, 2.45) is 5.41 Å². The maximum atomic E-state index is 12.0. The van der Waals surface area contributed by atoms with E-state index in [2.05, 4.69) is 5.32 Å². The fraction of sp³-hybridized carbons (Fsp3) is 0.750. The zero-order valence-corrected chi connectivity index (χ0v) is 10.3. The molecular weight excluding hydrogens is 220 g/mol. The second-order valence-electron chi connectivity index (χ2n) is 5.67. The zero-order chi connectivity index (χ0) is 12.6. The summed E-state index contributed by atoms with van der Waals surface area (Å²) in [4.78, 5) is 36.4. The lowest BCUT2D eigenvalue weighted by Crippen LogP contribution is -2.56. The number of carbonyl (C=O) groups is 3. The second kappa shape index (κ2) is 4.13. The number of rotatable bonds is 1. The normalized spacial score (nSPS) is 29.2. The van der Waals surface area contributed by atoms with Crippen molar-refractivity contribution in [3.8, 4) is 0 Å². The van der Waals surface area contributed by atoms with E-state index >= 15 is 0 Å². The van der Waals surface area contributed by atoms with Gasteiger partial charge in [-0.25, -0.2) is 0 Å². The molecule has 0 spiro atoms. The van der Waals surface area contributed by atoms with Crippen LogP contribution < -0.4 is 5.32 Å². The Morgan fingerprint density at radius 1 is 1.18 bits per heavy atom. The van der Waals surface area contributed by atoms with E-state index in [4.69, 9.17) is 0 Å². The predicted molar refractivity (Wildman–Crippen MR) is 60.9 cm³/mol. The molecule has 0 radical (unpaired) electrons. The molecule has 1 atom stereocenters. The van der Waals surface area contributed by atoms with Crippen LogP contribution in [-0.2, 0) is 14.4 Å². The molecule has 2 fully saturated rings. The van der Waals surface area contributed by atoms with Crippen molar-refractivity contribution in [2.75, 3.05) is 6.54 Å². The Kier molecular flexibility index (Phi) is 2.93. The van der Waals surface area contributed by atoms with Crippen LogP contribution in [0.25, 0.3) is 0 Å². The lowest BCUT2D eigenvalue weighted by Gasteiger charge is -2.40. The Morgan fingerprint density at radius 2 is 1.76 bits per heavy atom. The fourth-order valence-corrected chi connectivity index (χ4v) is 2.54. The Bertz CT molecular complexity index is 346. The molecule has 3 amide bonds. The zero-order valence-electron chi connectivity index (χ0n) is 10.3. The molecule has 94 valence electrons. The van der Waals surface area contributed by atoms with Crippen molar-refractivity contribution in [1.29, 1.82) is 0 Å². The van der Waals surface area contributed by atoms with Gasteiger partial charge in [0.15, 0.2) is 0 Å². The van der Waals surface area contributed by atoms with E-state index in [0.29, 0.717) is 32.2 Å². The molecule has 0 aromatic heterocycles. The quantitative estimate of drug-likeness (QED) is 0.674. The van der Waals surface area contributed by atoms with E-state index < -0.39 is 0 Å². The first-order valence-electron chi connectivity index (χ1n) is 6.01. The molecule has 2 aliphatic rings.